The second-order valence-electron chi connectivity index (χ2n) is 6.92. The van der Waals surface area contributed by atoms with Crippen LogP contribution in [0.2, 0.25) is 0 Å². The molecule has 4 heterocycles. The van der Waals surface area contributed by atoms with E-state index in [0.29, 0.717) is 5.41 Å². The molecule has 4 nitrogen and oxygen atoms in total. The number of hydrogen-bond donors (Lipinski definition) is 0. The molecule has 2 aromatic heterocycles. The number of piperidine rings is 1. The molecule has 1 spiro atoms. The minimum atomic E-state index is 0.541. The average Bonchev–Trinajstić information content (AvgIpc) is 3.12. The lowest BCUT2D eigenvalue weighted by Gasteiger charge is -2.41. The highest BCUT2D eigenvalue weighted by molar-refractivity contribution is 7.09. The first-order valence-corrected chi connectivity index (χ1v) is 9.26. The highest BCUT2D eigenvalue weighted by Gasteiger charge is 2.36. The minimum Gasteiger partial charge on any atom is -0.315 e. The summed E-state index contributed by atoms with van der Waals surface area (Å²) in [5.74, 6) is 2.29. The molecule has 1 saturated heterocycles. The van der Waals surface area contributed by atoms with E-state index in [1.807, 2.05) is 11.3 Å². The predicted molar refractivity (Wildman–Crippen MR) is 89.0 cm³/mol. The van der Waals surface area contributed by atoms with Gasteiger partial charge in [0.25, 0.3) is 0 Å². The van der Waals surface area contributed by atoms with Gasteiger partial charge < -0.3 is 4.57 Å². The molecule has 5 heteroatoms. The third kappa shape index (κ3) is 2.72. The molecule has 2 aromatic rings. The first-order valence-electron chi connectivity index (χ1n) is 8.38. The number of aryl methyl sites for hydroxylation is 2. The third-order valence-corrected chi connectivity index (χ3v) is 6.49. The van der Waals surface area contributed by atoms with Gasteiger partial charge in [-0.05, 0) is 62.6 Å². The second kappa shape index (κ2) is 5.78. The summed E-state index contributed by atoms with van der Waals surface area (Å²) in [5.41, 5.74) is 0.541. The molecular weight excluding hydrogens is 292 g/mol. The van der Waals surface area contributed by atoms with Crippen LogP contribution >= 0.6 is 11.3 Å². The van der Waals surface area contributed by atoms with Gasteiger partial charge in [0.2, 0.25) is 0 Å². The lowest BCUT2D eigenvalue weighted by atomic mass is 9.73. The van der Waals surface area contributed by atoms with Gasteiger partial charge in [-0.3, -0.25) is 4.90 Å². The Morgan fingerprint density at radius 3 is 2.73 bits per heavy atom. The van der Waals surface area contributed by atoms with Crippen LogP contribution in [-0.2, 0) is 19.5 Å². The van der Waals surface area contributed by atoms with Crippen molar-refractivity contribution >= 4 is 11.3 Å². The van der Waals surface area contributed by atoms with Crippen LogP contribution in [0.15, 0.2) is 17.5 Å². The maximum atomic E-state index is 4.36. The van der Waals surface area contributed by atoms with Crippen molar-refractivity contribution < 1.29 is 0 Å². The molecule has 2 aliphatic rings. The summed E-state index contributed by atoms with van der Waals surface area (Å²) < 4.78 is 2.34. The molecule has 0 aromatic carbocycles. The van der Waals surface area contributed by atoms with Gasteiger partial charge in [0.15, 0.2) is 0 Å². The normalized spacial score (nSPS) is 21.7. The van der Waals surface area contributed by atoms with Crippen LogP contribution in [-0.4, -0.2) is 32.8 Å². The quantitative estimate of drug-likeness (QED) is 0.853. The summed E-state index contributed by atoms with van der Waals surface area (Å²) in [4.78, 5) is 4.13. The Hall–Kier alpha value is -1.20. The minimum absolute atomic E-state index is 0.541. The molecule has 1 fully saturated rings. The van der Waals surface area contributed by atoms with Crippen molar-refractivity contribution in [2.75, 3.05) is 13.1 Å². The molecule has 0 radical (unpaired) electrons. The van der Waals surface area contributed by atoms with E-state index in [-0.39, 0.29) is 0 Å². The number of rotatable bonds is 2. The molecule has 0 atom stereocenters. The van der Waals surface area contributed by atoms with Crippen molar-refractivity contribution in [3.8, 4) is 0 Å². The molecule has 0 amide bonds. The number of aromatic nitrogens is 3. The maximum Gasteiger partial charge on any atom is 0.133 e. The van der Waals surface area contributed by atoms with Crippen LogP contribution in [0.3, 0.4) is 0 Å². The lowest BCUT2D eigenvalue weighted by Crippen LogP contribution is -2.39. The number of likely N-dealkylation sites (tertiary alicyclic amines) is 1. The summed E-state index contributed by atoms with van der Waals surface area (Å²) in [7, 11) is 0. The first-order chi connectivity index (χ1) is 10.7. The van der Waals surface area contributed by atoms with Gasteiger partial charge in [-0.1, -0.05) is 6.07 Å². The third-order valence-electron chi connectivity index (χ3n) is 5.63. The van der Waals surface area contributed by atoms with E-state index in [2.05, 4.69) is 44.1 Å². The number of nitrogens with zero attached hydrogens (tertiary/aromatic N) is 4. The van der Waals surface area contributed by atoms with Gasteiger partial charge in [0.05, 0.1) is 0 Å². The predicted octanol–water partition coefficient (Wildman–Crippen LogP) is 3.27. The zero-order chi connectivity index (χ0) is 15.0. The lowest BCUT2D eigenvalue weighted by molar-refractivity contribution is 0.0832. The SMILES string of the molecule is Cc1nnc2n1CCC1(CC2)CCN(Cc2cccs2)CC1. The summed E-state index contributed by atoms with van der Waals surface area (Å²) in [6.45, 7) is 6.82. The fourth-order valence-electron chi connectivity index (χ4n) is 4.06. The Morgan fingerprint density at radius 2 is 1.95 bits per heavy atom. The molecule has 2 aliphatic heterocycles. The standard InChI is InChI=1S/C17H24N4S/c1-14-18-19-16-4-5-17(8-11-21(14)16)6-9-20(10-7-17)13-15-3-2-12-22-15/h2-3,12H,4-11,13H2,1H3. The van der Waals surface area contributed by atoms with Gasteiger partial charge in [-0.25, -0.2) is 0 Å². The Labute approximate surface area is 136 Å². The number of hydrogen-bond acceptors (Lipinski definition) is 4. The van der Waals surface area contributed by atoms with Gasteiger partial charge in [-0.2, -0.15) is 0 Å². The monoisotopic (exact) mass is 316 g/mol. The molecule has 0 N–H and O–H groups in total. The Kier molecular flexibility index (Phi) is 3.78. The zero-order valence-electron chi connectivity index (χ0n) is 13.3. The molecule has 4 rings (SSSR count). The summed E-state index contributed by atoms with van der Waals surface area (Å²) in [5, 5.41) is 10.8. The Balaban J connectivity index is 1.38. The molecule has 0 unspecified atom stereocenters. The highest BCUT2D eigenvalue weighted by atomic mass is 32.1. The Morgan fingerprint density at radius 1 is 1.14 bits per heavy atom. The smallest absolute Gasteiger partial charge is 0.133 e. The van der Waals surface area contributed by atoms with E-state index in [4.69, 9.17) is 0 Å². The second-order valence-corrected chi connectivity index (χ2v) is 7.95. The first kappa shape index (κ1) is 14.4. The van der Waals surface area contributed by atoms with Crippen molar-refractivity contribution in [3.63, 3.8) is 0 Å². The van der Waals surface area contributed by atoms with Crippen LogP contribution < -0.4 is 0 Å². The van der Waals surface area contributed by atoms with E-state index >= 15 is 0 Å². The van der Waals surface area contributed by atoms with E-state index < -0.39 is 0 Å². The number of thiophene rings is 1. The average molecular weight is 316 g/mol. The fraction of sp³-hybridized carbons (Fsp3) is 0.647. The van der Waals surface area contributed by atoms with E-state index in [9.17, 15) is 0 Å². The van der Waals surface area contributed by atoms with Crippen LogP contribution in [0, 0.1) is 12.3 Å². The van der Waals surface area contributed by atoms with Gasteiger partial charge in [0.1, 0.15) is 11.6 Å². The maximum absolute atomic E-state index is 4.36. The van der Waals surface area contributed by atoms with Crippen molar-refractivity contribution in [2.45, 2.75) is 52.1 Å². The van der Waals surface area contributed by atoms with Crippen molar-refractivity contribution in [1.29, 1.82) is 0 Å². The molecule has 118 valence electrons. The summed E-state index contributed by atoms with van der Waals surface area (Å²) >= 11 is 1.88. The highest BCUT2D eigenvalue weighted by Crippen LogP contribution is 2.41. The van der Waals surface area contributed by atoms with E-state index in [1.54, 1.807) is 0 Å². The molecule has 22 heavy (non-hydrogen) atoms. The van der Waals surface area contributed by atoms with Gasteiger partial charge in [0, 0.05) is 24.4 Å². The van der Waals surface area contributed by atoms with E-state index in [1.165, 1.54) is 49.5 Å². The van der Waals surface area contributed by atoms with Crippen molar-refractivity contribution in [2.24, 2.45) is 5.41 Å². The largest absolute Gasteiger partial charge is 0.315 e. The molecule has 0 bridgehead atoms. The van der Waals surface area contributed by atoms with Crippen LogP contribution in [0.1, 0.15) is 42.2 Å². The summed E-state index contributed by atoms with van der Waals surface area (Å²) in [6, 6.07) is 4.42. The van der Waals surface area contributed by atoms with Crippen LogP contribution in [0.4, 0.5) is 0 Å². The van der Waals surface area contributed by atoms with Gasteiger partial charge in [-0.15, -0.1) is 21.5 Å². The van der Waals surface area contributed by atoms with Crippen molar-refractivity contribution in [1.82, 2.24) is 19.7 Å². The Bertz CT molecular complexity index is 623. The van der Waals surface area contributed by atoms with Crippen molar-refractivity contribution in [3.05, 3.63) is 34.0 Å². The van der Waals surface area contributed by atoms with Gasteiger partial charge >= 0.3 is 0 Å². The topological polar surface area (TPSA) is 34.0 Å². The molecule has 0 saturated carbocycles. The van der Waals surface area contributed by atoms with Crippen LogP contribution in [0.25, 0.3) is 0 Å². The van der Waals surface area contributed by atoms with E-state index in [0.717, 1.165) is 25.3 Å². The summed E-state index contributed by atoms with van der Waals surface area (Å²) in [6.07, 6.45) is 6.38. The number of fused-ring (bicyclic) bond motifs is 1. The zero-order valence-corrected chi connectivity index (χ0v) is 14.1. The fourth-order valence-corrected chi connectivity index (χ4v) is 4.81. The molecule has 0 aliphatic carbocycles. The molecular formula is C17H24N4S. The van der Waals surface area contributed by atoms with Crippen LogP contribution in [0.5, 0.6) is 0 Å².